The predicted octanol–water partition coefficient (Wildman–Crippen LogP) is 3.77. The first-order chi connectivity index (χ1) is 9.10. The standard InChI is InChI=1S/C14H16ClN3O/c1-3-4-12-17-13(16)9(2)14(18-12)19-11-7-5-10(15)6-8-11/h5-8H,3-4H2,1-2H3,(H2,16,17,18). The number of hydrogen-bond donors (Lipinski definition) is 1. The van der Waals surface area contributed by atoms with Crippen molar-refractivity contribution in [2.45, 2.75) is 26.7 Å². The van der Waals surface area contributed by atoms with Gasteiger partial charge in [0.2, 0.25) is 5.88 Å². The molecule has 0 aliphatic rings. The normalized spacial score (nSPS) is 10.5. The van der Waals surface area contributed by atoms with Gasteiger partial charge in [-0.05, 0) is 37.6 Å². The van der Waals surface area contributed by atoms with Gasteiger partial charge in [0.1, 0.15) is 17.4 Å². The molecule has 100 valence electrons. The van der Waals surface area contributed by atoms with Crippen LogP contribution in [0.1, 0.15) is 24.7 Å². The largest absolute Gasteiger partial charge is 0.439 e. The SMILES string of the molecule is CCCc1nc(N)c(C)c(Oc2ccc(Cl)cc2)n1. The van der Waals surface area contributed by atoms with Gasteiger partial charge in [0, 0.05) is 11.4 Å². The van der Waals surface area contributed by atoms with Crippen molar-refractivity contribution in [3.05, 3.63) is 40.7 Å². The van der Waals surface area contributed by atoms with Gasteiger partial charge in [-0.3, -0.25) is 0 Å². The molecule has 5 heteroatoms. The number of benzene rings is 1. The molecule has 0 unspecified atom stereocenters. The molecule has 4 nitrogen and oxygen atoms in total. The van der Waals surface area contributed by atoms with E-state index in [4.69, 9.17) is 22.1 Å². The van der Waals surface area contributed by atoms with Crippen LogP contribution in [0.4, 0.5) is 5.82 Å². The van der Waals surface area contributed by atoms with Gasteiger partial charge < -0.3 is 10.5 Å². The number of halogens is 1. The number of anilines is 1. The van der Waals surface area contributed by atoms with E-state index in [1.54, 1.807) is 24.3 Å². The molecule has 0 aliphatic carbocycles. The van der Waals surface area contributed by atoms with Crippen LogP contribution in [-0.2, 0) is 6.42 Å². The molecule has 0 atom stereocenters. The Bertz CT molecular complexity index is 570. The second-order valence-corrected chi connectivity index (χ2v) is 4.70. The maximum atomic E-state index is 5.88. The fourth-order valence-corrected chi connectivity index (χ4v) is 1.73. The highest BCUT2D eigenvalue weighted by Gasteiger charge is 2.10. The second-order valence-electron chi connectivity index (χ2n) is 4.26. The lowest BCUT2D eigenvalue weighted by Gasteiger charge is -2.10. The summed E-state index contributed by atoms with van der Waals surface area (Å²) in [6.07, 6.45) is 1.74. The van der Waals surface area contributed by atoms with Crippen molar-refractivity contribution in [1.82, 2.24) is 9.97 Å². The highest BCUT2D eigenvalue weighted by Crippen LogP contribution is 2.26. The summed E-state index contributed by atoms with van der Waals surface area (Å²) in [4.78, 5) is 8.64. The molecule has 0 bridgehead atoms. The molecule has 0 amide bonds. The van der Waals surface area contributed by atoms with E-state index in [2.05, 4.69) is 16.9 Å². The molecule has 0 fully saturated rings. The first kappa shape index (κ1) is 13.6. The average Bonchev–Trinajstić information content (AvgIpc) is 2.38. The molecule has 1 aromatic heterocycles. The molecule has 2 aromatic rings. The number of hydrogen-bond acceptors (Lipinski definition) is 4. The maximum absolute atomic E-state index is 5.88. The topological polar surface area (TPSA) is 61.0 Å². The quantitative estimate of drug-likeness (QED) is 0.924. The van der Waals surface area contributed by atoms with Gasteiger partial charge in [0.15, 0.2) is 0 Å². The fraction of sp³-hybridized carbons (Fsp3) is 0.286. The third-order valence-corrected chi connectivity index (χ3v) is 2.94. The second kappa shape index (κ2) is 5.89. The Balaban J connectivity index is 2.30. The summed E-state index contributed by atoms with van der Waals surface area (Å²) < 4.78 is 5.74. The number of aromatic nitrogens is 2. The highest BCUT2D eigenvalue weighted by molar-refractivity contribution is 6.30. The zero-order chi connectivity index (χ0) is 13.8. The van der Waals surface area contributed by atoms with Crippen LogP contribution in [0, 0.1) is 6.92 Å². The van der Waals surface area contributed by atoms with Gasteiger partial charge in [-0.1, -0.05) is 18.5 Å². The van der Waals surface area contributed by atoms with E-state index < -0.39 is 0 Å². The van der Waals surface area contributed by atoms with E-state index in [1.165, 1.54) is 0 Å². The van der Waals surface area contributed by atoms with E-state index in [9.17, 15) is 0 Å². The van der Waals surface area contributed by atoms with E-state index >= 15 is 0 Å². The van der Waals surface area contributed by atoms with Crippen LogP contribution in [0.15, 0.2) is 24.3 Å². The third kappa shape index (κ3) is 3.35. The van der Waals surface area contributed by atoms with Gasteiger partial charge in [-0.15, -0.1) is 0 Å². The first-order valence-electron chi connectivity index (χ1n) is 6.16. The fourth-order valence-electron chi connectivity index (χ4n) is 1.61. The van der Waals surface area contributed by atoms with Crippen LogP contribution in [-0.4, -0.2) is 9.97 Å². The summed E-state index contributed by atoms with van der Waals surface area (Å²) in [7, 11) is 0. The Morgan fingerprint density at radius 2 is 1.89 bits per heavy atom. The lowest BCUT2D eigenvalue weighted by molar-refractivity contribution is 0.454. The Morgan fingerprint density at radius 1 is 1.21 bits per heavy atom. The van der Waals surface area contributed by atoms with Crippen molar-refractivity contribution in [2.24, 2.45) is 0 Å². The van der Waals surface area contributed by atoms with Crippen LogP contribution in [0.2, 0.25) is 5.02 Å². The molecule has 1 aromatic carbocycles. The van der Waals surface area contributed by atoms with Gasteiger partial charge in [0.05, 0.1) is 5.56 Å². The van der Waals surface area contributed by atoms with Crippen molar-refractivity contribution in [3.8, 4) is 11.6 Å². The molecule has 0 radical (unpaired) electrons. The minimum Gasteiger partial charge on any atom is -0.439 e. The summed E-state index contributed by atoms with van der Waals surface area (Å²) in [5.74, 6) is 2.34. The molecule has 19 heavy (non-hydrogen) atoms. The molecule has 1 heterocycles. The monoisotopic (exact) mass is 277 g/mol. The first-order valence-corrected chi connectivity index (χ1v) is 6.54. The van der Waals surface area contributed by atoms with Crippen molar-refractivity contribution in [1.29, 1.82) is 0 Å². The summed E-state index contributed by atoms with van der Waals surface area (Å²) in [6, 6.07) is 7.12. The van der Waals surface area contributed by atoms with Gasteiger partial charge >= 0.3 is 0 Å². The van der Waals surface area contributed by atoms with Gasteiger partial charge in [0.25, 0.3) is 0 Å². The van der Waals surface area contributed by atoms with Gasteiger partial charge in [-0.25, -0.2) is 4.98 Å². The Labute approximate surface area is 117 Å². The summed E-state index contributed by atoms with van der Waals surface area (Å²) in [5.41, 5.74) is 6.62. The summed E-state index contributed by atoms with van der Waals surface area (Å²) >= 11 is 5.84. The smallest absolute Gasteiger partial charge is 0.227 e. The van der Waals surface area contributed by atoms with Crippen LogP contribution in [0.25, 0.3) is 0 Å². The molecule has 2 N–H and O–H groups in total. The van der Waals surface area contributed by atoms with Crippen LogP contribution in [0.3, 0.4) is 0 Å². The number of nitrogen functional groups attached to an aromatic ring is 1. The molecular formula is C14H16ClN3O. The Kier molecular flexibility index (Phi) is 4.22. The van der Waals surface area contributed by atoms with Gasteiger partial charge in [-0.2, -0.15) is 4.98 Å². The number of rotatable bonds is 4. The Morgan fingerprint density at radius 3 is 2.53 bits per heavy atom. The third-order valence-electron chi connectivity index (χ3n) is 2.69. The summed E-state index contributed by atoms with van der Waals surface area (Å²) in [6.45, 7) is 3.91. The van der Waals surface area contributed by atoms with Crippen molar-refractivity contribution < 1.29 is 4.74 Å². The van der Waals surface area contributed by atoms with Crippen LogP contribution >= 0.6 is 11.6 Å². The molecule has 0 spiro atoms. The zero-order valence-electron chi connectivity index (χ0n) is 11.0. The maximum Gasteiger partial charge on any atom is 0.227 e. The Hall–Kier alpha value is -1.81. The van der Waals surface area contributed by atoms with E-state index in [1.807, 2.05) is 6.92 Å². The molecule has 0 aliphatic heterocycles. The van der Waals surface area contributed by atoms with E-state index in [0.29, 0.717) is 28.3 Å². The number of nitrogens with zero attached hydrogens (tertiary/aromatic N) is 2. The minimum absolute atomic E-state index is 0.461. The van der Waals surface area contributed by atoms with Crippen molar-refractivity contribution >= 4 is 17.4 Å². The van der Waals surface area contributed by atoms with Crippen molar-refractivity contribution in [3.63, 3.8) is 0 Å². The summed E-state index contributed by atoms with van der Waals surface area (Å²) in [5, 5.41) is 0.665. The molecule has 0 saturated carbocycles. The van der Waals surface area contributed by atoms with E-state index in [0.717, 1.165) is 18.4 Å². The zero-order valence-corrected chi connectivity index (χ0v) is 11.7. The highest BCUT2D eigenvalue weighted by atomic mass is 35.5. The average molecular weight is 278 g/mol. The van der Waals surface area contributed by atoms with Crippen molar-refractivity contribution in [2.75, 3.05) is 5.73 Å². The molecule has 0 saturated heterocycles. The van der Waals surface area contributed by atoms with Crippen LogP contribution in [0.5, 0.6) is 11.6 Å². The number of ether oxygens (including phenoxy) is 1. The minimum atomic E-state index is 0.461. The van der Waals surface area contributed by atoms with E-state index in [-0.39, 0.29) is 0 Å². The lowest BCUT2D eigenvalue weighted by atomic mass is 10.3. The van der Waals surface area contributed by atoms with Crippen LogP contribution < -0.4 is 10.5 Å². The molecular weight excluding hydrogens is 262 g/mol. The predicted molar refractivity (Wildman–Crippen MR) is 76.7 cm³/mol. The number of aryl methyl sites for hydroxylation is 1. The lowest BCUT2D eigenvalue weighted by Crippen LogP contribution is -2.04. The number of nitrogens with two attached hydrogens (primary N) is 1. The molecule has 2 rings (SSSR count).